The molecule has 2 aromatic heterocycles. The van der Waals surface area contributed by atoms with Crippen molar-refractivity contribution >= 4 is 45.1 Å². The molecule has 0 aliphatic heterocycles. The molecule has 0 atom stereocenters. The maximum Gasteiger partial charge on any atom is 0.255 e. The summed E-state index contributed by atoms with van der Waals surface area (Å²) in [5.41, 5.74) is 8.74. The molecule has 44 heavy (non-hydrogen) atoms. The number of benzene rings is 3. The average molecular weight is 598 g/mol. The smallest absolute Gasteiger partial charge is 0.255 e. The number of methoxy groups -OCH3 is 1. The molecular formula is C33H35N5O6. The van der Waals surface area contributed by atoms with Crippen LogP contribution in [0.25, 0.3) is 21.9 Å². The number of unbranched alkanes of at least 4 members (excludes halogenated alkanes) is 3. The molecule has 4 N–H and O–H groups in total. The number of furan rings is 1. The number of fused-ring (bicyclic) bond motifs is 2. The normalized spacial score (nSPS) is 11.0. The third-order valence-electron chi connectivity index (χ3n) is 7.18. The van der Waals surface area contributed by atoms with E-state index in [1.807, 2.05) is 18.2 Å². The molecule has 0 spiro atoms. The molecule has 228 valence electrons. The molecule has 11 nitrogen and oxygen atoms in total. The molecule has 0 unspecified atom stereocenters. The quantitative estimate of drug-likeness (QED) is 0.103. The number of anilines is 2. The van der Waals surface area contributed by atoms with Gasteiger partial charge in [0.2, 0.25) is 11.8 Å². The number of para-hydroxylation sites is 2. The zero-order chi connectivity index (χ0) is 31.1. The van der Waals surface area contributed by atoms with Crippen LogP contribution >= 0.6 is 0 Å². The Bertz CT molecular complexity index is 1800. The molecule has 0 aliphatic carbocycles. The van der Waals surface area contributed by atoms with Crippen LogP contribution in [0.5, 0.6) is 23.1 Å². The Kier molecular flexibility index (Phi) is 9.43. The number of carbonyl (C=O) groups is 2. The maximum absolute atomic E-state index is 12.3. The number of nitrogen functional groups attached to an aromatic ring is 1. The van der Waals surface area contributed by atoms with Gasteiger partial charge in [0.25, 0.3) is 5.91 Å². The fraction of sp³-hybridized carbons (Fsp3) is 0.273. The number of ether oxygens (including phenoxy) is 3. The molecule has 0 aliphatic rings. The summed E-state index contributed by atoms with van der Waals surface area (Å²) in [7, 11) is 3.16. The van der Waals surface area contributed by atoms with E-state index in [2.05, 4.69) is 20.6 Å². The van der Waals surface area contributed by atoms with Crippen molar-refractivity contribution in [3.05, 3.63) is 72.2 Å². The van der Waals surface area contributed by atoms with Gasteiger partial charge in [-0.15, -0.1) is 0 Å². The summed E-state index contributed by atoms with van der Waals surface area (Å²) in [6, 6.07) is 16.1. The number of aromatic nitrogens is 2. The van der Waals surface area contributed by atoms with Gasteiger partial charge in [0.05, 0.1) is 41.6 Å². The molecule has 0 saturated carbocycles. The van der Waals surface area contributed by atoms with E-state index in [1.54, 1.807) is 57.5 Å². The molecule has 0 radical (unpaired) electrons. The van der Waals surface area contributed by atoms with Gasteiger partial charge in [-0.2, -0.15) is 0 Å². The van der Waals surface area contributed by atoms with E-state index >= 15 is 0 Å². The van der Waals surface area contributed by atoms with Crippen molar-refractivity contribution in [2.24, 2.45) is 0 Å². The van der Waals surface area contributed by atoms with Crippen molar-refractivity contribution in [1.82, 2.24) is 15.3 Å². The summed E-state index contributed by atoms with van der Waals surface area (Å²) in [6.07, 6.45) is 5.23. The summed E-state index contributed by atoms with van der Waals surface area (Å²) >= 11 is 0. The highest BCUT2D eigenvalue weighted by molar-refractivity contribution is 6.07. The Hall–Kier alpha value is -5.32. The van der Waals surface area contributed by atoms with Crippen LogP contribution in [0, 0.1) is 6.92 Å². The van der Waals surface area contributed by atoms with Gasteiger partial charge in [-0.05, 0) is 50.1 Å². The van der Waals surface area contributed by atoms with Crippen LogP contribution in [0.3, 0.4) is 0 Å². The molecule has 2 heterocycles. The first-order valence-corrected chi connectivity index (χ1v) is 14.4. The van der Waals surface area contributed by atoms with Gasteiger partial charge in [-0.3, -0.25) is 9.59 Å². The molecule has 11 heteroatoms. The van der Waals surface area contributed by atoms with Crippen molar-refractivity contribution in [2.75, 3.05) is 31.8 Å². The van der Waals surface area contributed by atoms with Gasteiger partial charge < -0.3 is 35.0 Å². The van der Waals surface area contributed by atoms with Gasteiger partial charge in [0, 0.05) is 31.0 Å². The van der Waals surface area contributed by atoms with Crippen LogP contribution < -0.4 is 30.6 Å². The van der Waals surface area contributed by atoms with Crippen LogP contribution in [0.15, 0.2) is 65.3 Å². The molecule has 0 saturated heterocycles. The summed E-state index contributed by atoms with van der Waals surface area (Å²) < 4.78 is 23.6. The highest BCUT2D eigenvalue weighted by Gasteiger charge is 2.19. The van der Waals surface area contributed by atoms with Crippen LogP contribution in [0.2, 0.25) is 0 Å². The van der Waals surface area contributed by atoms with Crippen LogP contribution in [0.4, 0.5) is 11.4 Å². The second-order valence-corrected chi connectivity index (χ2v) is 10.2. The molecular weight excluding hydrogens is 562 g/mol. The lowest BCUT2D eigenvalue weighted by molar-refractivity contribution is -0.116. The number of carbonyl (C=O) groups excluding carboxylic acids is 2. The Balaban J connectivity index is 1.19. The lowest BCUT2D eigenvalue weighted by Gasteiger charge is -2.13. The van der Waals surface area contributed by atoms with E-state index in [4.69, 9.17) is 24.4 Å². The minimum absolute atomic E-state index is 0.0480. The third kappa shape index (κ3) is 6.83. The number of aryl methyl sites for hydroxylation is 1. The summed E-state index contributed by atoms with van der Waals surface area (Å²) in [4.78, 5) is 33.2. The average Bonchev–Trinajstić information content (AvgIpc) is 3.36. The van der Waals surface area contributed by atoms with Gasteiger partial charge in [0.15, 0.2) is 11.5 Å². The SMILES string of the molecule is CNC(=O)c1c(C)oc2cc(Oc3ncnc4cc(OC)c(OCCCCCCC(=O)Nc5ccccc5N)cc34)ccc12. The van der Waals surface area contributed by atoms with E-state index in [-0.39, 0.29) is 11.8 Å². The van der Waals surface area contributed by atoms with Crippen LogP contribution in [0.1, 0.15) is 48.2 Å². The predicted molar refractivity (Wildman–Crippen MR) is 169 cm³/mol. The number of rotatable bonds is 13. The topological polar surface area (TPSA) is 151 Å². The van der Waals surface area contributed by atoms with Crippen molar-refractivity contribution in [2.45, 2.75) is 39.0 Å². The van der Waals surface area contributed by atoms with Gasteiger partial charge in [0.1, 0.15) is 23.4 Å². The minimum Gasteiger partial charge on any atom is -0.493 e. The standard InChI is InChI=1S/C33H35N5O6/c1-20-31(32(40)35-2)22-14-13-21(16-27(22)43-20)44-33-23-17-29(28(41-3)18-26(23)36-19-37-33)42-15-9-5-4-6-12-30(39)38-25-11-8-7-10-24(25)34/h7-8,10-11,13-14,16-19H,4-6,9,12,15,34H2,1-3H3,(H,35,40)(H,38,39). The van der Waals surface area contributed by atoms with Gasteiger partial charge in [-0.25, -0.2) is 9.97 Å². The number of amides is 2. The molecule has 5 aromatic rings. The largest absolute Gasteiger partial charge is 0.493 e. The van der Waals surface area contributed by atoms with E-state index in [1.165, 1.54) is 6.33 Å². The summed E-state index contributed by atoms with van der Waals surface area (Å²) in [5.74, 6) is 2.20. The zero-order valence-electron chi connectivity index (χ0n) is 24.9. The van der Waals surface area contributed by atoms with Gasteiger partial charge in [-0.1, -0.05) is 25.0 Å². The van der Waals surface area contributed by atoms with Crippen molar-refractivity contribution < 1.29 is 28.2 Å². The number of nitrogens with one attached hydrogen (secondary N) is 2. The van der Waals surface area contributed by atoms with Crippen LogP contribution in [-0.4, -0.2) is 42.5 Å². The lowest BCUT2D eigenvalue weighted by atomic mass is 10.1. The fourth-order valence-corrected chi connectivity index (χ4v) is 4.92. The molecule has 5 rings (SSSR count). The zero-order valence-corrected chi connectivity index (χ0v) is 24.9. The van der Waals surface area contributed by atoms with Crippen molar-refractivity contribution in [3.63, 3.8) is 0 Å². The van der Waals surface area contributed by atoms with Crippen molar-refractivity contribution in [1.29, 1.82) is 0 Å². The molecule has 2 amide bonds. The Labute approximate surface area is 254 Å². The second-order valence-electron chi connectivity index (χ2n) is 10.2. The number of hydrogen-bond donors (Lipinski definition) is 3. The van der Waals surface area contributed by atoms with E-state index in [0.717, 1.165) is 25.7 Å². The van der Waals surface area contributed by atoms with Crippen LogP contribution in [-0.2, 0) is 4.79 Å². The number of nitrogens with two attached hydrogens (primary N) is 1. The predicted octanol–water partition coefficient (Wildman–Crippen LogP) is 6.40. The maximum atomic E-state index is 12.3. The molecule has 0 fully saturated rings. The Morgan fingerprint density at radius 2 is 1.77 bits per heavy atom. The monoisotopic (exact) mass is 597 g/mol. The van der Waals surface area contributed by atoms with E-state index < -0.39 is 0 Å². The summed E-state index contributed by atoms with van der Waals surface area (Å²) in [6.45, 7) is 2.22. The van der Waals surface area contributed by atoms with Gasteiger partial charge >= 0.3 is 0 Å². The molecule has 0 bridgehead atoms. The van der Waals surface area contributed by atoms with E-state index in [9.17, 15) is 9.59 Å². The Morgan fingerprint density at radius 3 is 2.57 bits per heavy atom. The molecule has 3 aromatic carbocycles. The Morgan fingerprint density at radius 1 is 0.955 bits per heavy atom. The first kappa shape index (κ1) is 30.1. The fourth-order valence-electron chi connectivity index (χ4n) is 4.92. The first-order chi connectivity index (χ1) is 21.4. The first-order valence-electron chi connectivity index (χ1n) is 14.4. The number of nitrogens with zero attached hydrogens (tertiary/aromatic N) is 2. The van der Waals surface area contributed by atoms with Crippen molar-refractivity contribution in [3.8, 4) is 23.1 Å². The third-order valence-corrected chi connectivity index (χ3v) is 7.18. The second kappa shape index (κ2) is 13.8. The van der Waals surface area contributed by atoms with E-state index in [0.29, 0.717) is 80.7 Å². The number of hydrogen-bond acceptors (Lipinski definition) is 9. The minimum atomic E-state index is -0.213. The highest BCUT2D eigenvalue weighted by atomic mass is 16.5. The highest BCUT2D eigenvalue weighted by Crippen LogP contribution is 2.37. The lowest BCUT2D eigenvalue weighted by Crippen LogP contribution is -2.18. The summed E-state index contributed by atoms with van der Waals surface area (Å²) in [5, 5.41) is 6.84.